The van der Waals surface area contributed by atoms with Crippen molar-refractivity contribution in [2.45, 2.75) is 6.10 Å². The molecule has 19 heavy (non-hydrogen) atoms. The van der Waals surface area contributed by atoms with E-state index in [4.69, 9.17) is 4.42 Å². The van der Waals surface area contributed by atoms with Crippen LogP contribution in [0.2, 0.25) is 0 Å². The van der Waals surface area contributed by atoms with E-state index in [1.54, 1.807) is 12.3 Å². The van der Waals surface area contributed by atoms with Gasteiger partial charge in [0.1, 0.15) is 11.9 Å². The van der Waals surface area contributed by atoms with Gasteiger partial charge in [0.2, 0.25) is 0 Å². The minimum atomic E-state index is -0.824. The number of furan rings is 1. The second-order valence-electron chi connectivity index (χ2n) is 4.09. The van der Waals surface area contributed by atoms with E-state index in [1.807, 2.05) is 30.3 Å². The Morgan fingerprint density at radius 1 is 1.16 bits per heavy atom. The molecular weight excluding hydrogens is 374 g/mol. The molecule has 0 saturated carbocycles. The Labute approximate surface area is 126 Å². The van der Waals surface area contributed by atoms with Crippen LogP contribution in [0.15, 0.2) is 56.2 Å². The van der Waals surface area contributed by atoms with Crippen LogP contribution in [0.4, 0.5) is 0 Å². The molecule has 1 unspecified atom stereocenters. The molecule has 0 aliphatic rings. The molecule has 2 aromatic heterocycles. The minimum absolute atomic E-state index is 0.482. The van der Waals surface area contributed by atoms with Gasteiger partial charge in [-0.25, -0.2) is 0 Å². The van der Waals surface area contributed by atoms with Crippen LogP contribution in [0.1, 0.15) is 17.4 Å². The summed E-state index contributed by atoms with van der Waals surface area (Å²) < 4.78 is 6.83. The van der Waals surface area contributed by atoms with Gasteiger partial charge < -0.3 is 9.52 Å². The fourth-order valence-corrected chi connectivity index (χ4v) is 2.62. The Bertz CT molecular complexity index is 714. The smallest absolute Gasteiger partial charge is 0.183 e. The van der Waals surface area contributed by atoms with Crippen LogP contribution in [0, 0.1) is 0 Å². The molecule has 1 atom stereocenters. The highest BCUT2D eigenvalue weighted by atomic mass is 79.9. The molecule has 0 amide bonds. The Balaban J connectivity index is 2.13. The summed E-state index contributed by atoms with van der Waals surface area (Å²) in [6.07, 6.45) is 0.911. The number of pyridine rings is 1. The topological polar surface area (TPSA) is 46.3 Å². The Morgan fingerprint density at radius 3 is 2.74 bits per heavy atom. The number of aliphatic hydroxyl groups excluding tert-OH is 1. The number of aromatic nitrogens is 1. The fraction of sp³-hybridized carbons (Fsp3) is 0.0714. The highest BCUT2D eigenvalue weighted by Gasteiger charge is 2.19. The lowest BCUT2D eigenvalue weighted by Crippen LogP contribution is -1.99. The van der Waals surface area contributed by atoms with Crippen LogP contribution >= 0.6 is 31.9 Å². The van der Waals surface area contributed by atoms with Crippen LogP contribution in [-0.4, -0.2) is 10.1 Å². The van der Waals surface area contributed by atoms with Gasteiger partial charge in [-0.15, -0.1) is 0 Å². The summed E-state index contributed by atoms with van der Waals surface area (Å²) in [5.41, 5.74) is 1.63. The van der Waals surface area contributed by atoms with Crippen molar-refractivity contribution in [3.8, 4) is 0 Å². The summed E-state index contributed by atoms with van der Waals surface area (Å²) in [5.74, 6) is 0.482. The van der Waals surface area contributed by atoms with Crippen molar-refractivity contribution in [2.24, 2.45) is 0 Å². The van der Waals surface area contributed by atoms with Gasteiger partial charge in [0.05, 0.1) is 9.99 Å². The van der Waals surface area contributed by atoms with Gasteiger partial charge in [-0.3, -0.25) is 4.98 Å². The first kappa shape index (κ1) is 12.8. The SMILES string of the molecule is OC(c1cc(Br)c(Br)o1)c1cccc2ncccc12. The third kappa shape index (κ3) is 2.33. The van der Waals surface area contributed by atoms with Crippen molar-refractivity contribution in [2.75, 3.05) is 0 Å². The molecule has 1 N–H and O–H groups in total. The first-order valence-corrected chi connectivity index (χ1v) is 7.22. The molecule has 3 nitrogen and oxygen atoms in total. The van der Waals surface area contributed by atoms with Gasteiger partial charge in [0.25, 0.3) is 0 Å². The summed E-state index contributed by atoms with van der Waals surface area (Å²) >= 11 is 6.61. The largest absolute Gasteiger partial charge is 0.450 e. The lowest BCUT2D eigenvalue weighted by atomic mass is 10.0. The molecule has 0 saturated heterocycles. The van der Waals surface area contributed by atoms with Crippen molar-refractivity contribution in [1.82, 2.24) is 4.98 Å². The van der Waals surface area contributed by atoms with Gasteiger partial charge in [0.15, 0.2) is 4.67 Å². The zero-order chi connectivity index (χ0) is 13.4. The maximum atomic E-state index is 10.5. The van der Waals surface area contributed by atoms with Crippen molar-refractivity contribution in [3.63, 3.8) is 0 Å². The molecule has 0 aliphatic carbocycles. The lowest BCUT2D eigenvalue weighted by Gasteiger charge is -2.10. The number of benzene rings is 1. The summed E-state index contributed by atoms with van der Waals surface area (Å²) in [4.78, 5) is 4.28. The fourth-order valence-electron chi connectivity index (χ4n) is 2.02. The number of rotatable bonds is 2. The van der Waals surface area contributed by atoms with Gasteiger partial charge in [0, 0.05) is 11.6 Å². The van der Waals surface area contributed by atoms with E-state index in [1.165, 1.54) is 0 Å². The molecule has 1 aromatic carbocycles. The van der Waals surface area contributed by atoms with Crippen molar-refractivity contribution in [1.29, 1.82) is 0 Å². The Hall–Kier alpha value is -1.17. The first-order valence-electron chi connectivity index (χ1n) is 5.63. The van der Waals surface area contributed by atoms with Crippen LogP contribution in [0.3, 0.4) is 0 Å². The van der Waals surface area contributed by atoms with E-state index in [0.29, 0.717) is 10.4 Å². The standard InChI is InChI=1S/C14H9Br2NO2/c15-10-7-12(19-14(10)16)13(18)9-3-1-5-11-8(9)4-2-6-17-11/h1-7,13,18H. The van der Waals surface area contributed by atoms with Crippen LogP contribution in [-0.2, 0) is 0 Å². The quantitative estimate of drug-likeness (QED) is 0.712. The first-order chi connectivity index (χ1) is 9.16. The monoisotopic (exact) mass is 381 g/mol. The Kier molecular flexibility index (Phi) is 3.43. The number of nitrogens with zero attached hydrogens (tertiary/aromatic N) is 1. The molecule has 0 radical (unpaired) electrons. The lowest BCUT2D eigenvalue weighted by molar-refractivity contribution is 0.189. The molecule has 2 heterocycles. The highest BCUT2D eigenvalue weighted by Crippen LogP contribution is 2.34. The van der Waals surface area contributed by atoms with Gasteiger partial charge in [-0.1, -0.05) is 18.2 Å². The van der Waals surface area contributed by atoms with Crippen LogP contribution < -0.4 is 0 Å². The average molecular weight is 383 g/mol. The number of hydrogen-bond donors (Lipinski definition) is 1. The van der Waals surface area contributed by atoms with Crippen molar-refractivity contribution < 1.29 is 9.52 Å². The Morgan fingerprint density at radius 2 is 2.00 bits per heavy atom. The molecule has 96 valence electrons. The molecule has 0 bridgehead atoms. The van der Waals surface area contributed by atoms with E-state index < -0.39 is 6.10 Å². The third-order valence-corrected chi connectivity index (χ3v) is 4.62. The number of halogens is 2. The molecule has 5 heteroatoms. The van der Waals surface area contributed by atoms with E-state index in [9.17, 15) is 5.11 Å². The van der Waals surface area contributed by atoms with Crippen LogP contribution in [0.5, 0.6) is 0 Å². The summed E-state index contributed by atoms with van der Waals surface area (Å²) in [6, 6.07) is 11.2. The predicted molar refractivity (Wildman–Crippen MR) is 79.9 cm³/mol. The van der Waals surface area contributed by atoms with E-state index in [0.717, 1.165) is 20.9 Å². The second-order valence-corrected chi connectivity index (χ2v) is 5.66. The van der Waals surface area contributed by atoms with Crippen molar-refractivity contribution >= 4 is 42.8 Å². The van der Waals surface area contributed by atoms with E-state index in [-0.39, 0.29) is 0 Å². The highest BCUT2D eigenvalue weighted by molar-refractivity contribution is 9.13. The maximum absolute atomic E-state index is 10.5. The van der Waals surface area contributed by atoms with Gasteiger partial charge in [-0.05, 0) is 55.6 Å². The van der Waals surface area contributed by atoms with Crippen molar-refractivity contribution in [3.05, 3.63) is 63.1 Å². The average Bonchev–Trinajstić information content (AvgIpc) is 2.77. The predicted octanol–water partition coefficient (Wildman–Crippen LogP) is 4.43. The molecular formula is C14H9Br2NO2. The molecule has 0 spiro atoms. The second kappa shape index (κ2) is 5.07. The number of aliphatic hydroxyl groups is 1. The van der Waals surface area contributed by atoms with E-state index in [2.05, 4.69) is 36.8 Å². The molecule has 3 rings (SSSR count). The molecule has 3 aromatic rings. The van der Waals surface area contributed by atoms with E-state index >= 15 is 0 Å². The van der Waals surface area contributed by atoms with Gasteiger partial charge >= 0.3 is 0 Å². The number of hydrogen-bond acceptors (Lipinski definition) is 3. The zero-order valence-electron chi connectivity index (χ0n) is 9.68. The van der Waals surface area contributed by atoms with Crippen LogP contribution in [0.25, 0.3) is 10.9 Å². The molecule has 0 aliphatic heterocycles. The zero-order valence-corrected chi connectivity index (χ0v) is 12.8. The van der Waals surface area contributed by atoms with Gasteiger partial charge in [-0.2, -0.15) is 0 Å². The summed E-state index contributed by atoms with van der Waals surface area (Å²) in [5, 5.41) is 11.4. The molecule has 0 fully saturated rings. The summed E-state index contributed by atoms with van der Waals surface area (Å²) in [6.45, 7) is 0. The summed E-state index contributed by atoms with van der Waals surface area (Å²) in [7, 11) is 0. The third-order valence-electron chi connectivity index (χ3n) is 2.91. The minimum Gasteiger partial charge on any atom is -0.450 e. The number of fused-ring (bicyclic) bond motifs is 1. The maximum Gasteiger partial charge on any atom is 0.183 e. The normalized spacial score (nSPS) is 12.8.